The first-order chi connectivity index (χ1) is 17.5. The van der Waals surface area contributed by atoms with E-state index in [9.17, 15) is 0 Å². The lowest BCUT2D eigenvalue weighted by atomic mass is 10.3. The number of rotatable bonds is 9. The SMILES string of the molecule is CCN1[PH+](Oc2ccccc2Br)N(CC)[PH+](Oc2ccccc2Br)N(CC)[PH+]1Oc1ccccc1Br. The molecule has 3 aromatic rings. The fraction of sp³-hybridized carbons (Fsp3) is 0.250. The first-order valence-corrected chi connectivity index (χ1v) is 18.0. The third-order valence-corrected chi connectivity index (χ3v) is 16.7. The zero-order valence-electron chi connectivity index (χ0n) is 20.2. The van der Waals surface area contributed by atoms with Crippen LogP contribution in [0.5, 0.6) is 17.2 Å². The summed E-state index contributed by atoms with van der Waals surface area (Å²) in [4.78, 5) is 0. The summed E-state index contributed by atoms with van der Waals surface area (Å²) in [7, 11) is -5.10. The molecule has 0 saturated carbocycles. The molecular weight excluding hydrogens is 711 g/mol. The summed E-state index contributed by atoms with van der Waals surface area (Å²) in [6, 6.07) is 24.1. The lowest BCUT2D eigenvalue weighted by molar-refractivity contribution is 0.390. The van der Waals surface area contributed by atoms with Crippen LogP contribution in [0, 0.1) is 0 Å². The highest BCUT2D eigenvalue weighted by atomic mass is 79.9. The highest BCUT2D eigenvalue weighted by Crippen LogP contribution is 2.76. The van der Waals surface area contributed by atoms with Gasteiger partial charge in [0, 0.05) is 13.3 Å². The molecule has 1 saturated heterocycles. The van der Waals surface area contributed by atoms with Crippen molar-refractivity contribution in [3.8, 4) is 17.2 Å². The van der Waals surface area contributed by atoms with E-state index >= 15 is 0 Å². The lowest BCUT2D eigenvalue weighted by Crippen LogP contribution is -2.40. The summed E-state index contributed by atoms with van der Waals surface area (Å²) in [5.74, 6) is 2.49. The highest BCUT2D eigenvalue weighted by molar-refractivity contribution is 9.11. The molecule has 3 aromatic carbocycles. The van der Waals surface area contributed by atoms with Gasteiger partial charge in [-0.05, 0) is 105 Å². The van der Waals surface area contributed by atoms with E-state index in [1.54, 1.807) is 0 Å². The lowest BCUT2D eigenvalue weighted by Gasteiger charge is -2.36. The van der Waals surface area contributed by atoms with E-state index < -0.39 is 25.3 Å². The Hall–Kier alpha value is -0.330. The predicted octanol–water partition coefficient (Wildman–Crippen LogP) is 9.37. The molecule has 0 amide bonds. The number of halogens is 3. The Balaban J connectivity index is 1.78. The van der Waals surface area contributed by atoms with Crippen LogP contribution in [0.15, 0.2) is 86.2 Å². The maximum absolute atomic E-state index is 6.83. The van der Waals surface area contributed by atoms with E-state index in [0.29, 0.717) is 0 Å². The molecule has 0 bridgehead atoms. The van der Waals surface area contributed by atoms with E-state index in [0.717, 1.165) is 50.3 Å². The molecule has 0 radical (unpaired) electrons. The van der Waals surface area contributed by atoms with Gasteiger partial charge in [0.05, 0.1) is 33.1 Å². The maximum Gasteiger partial charge on any atom is 0.399 e. The van der Waals surface area contributed by atoms with E-state index in [4.69, 9.17) is 13.6 Å². The quantitative estimate of drug-likeness (QED) is 0.204. The zero-order chi connectivity index (χ0) is 25.7. The van der Waals surface area contributed by atoms with Crippen LogP contribution in [0.2, 0.25) is 0 Å². The topological polar surface area (TPSA) is 37.4 Å². The summed E-state index contributed by atoms with van der Waals surface area (Å²) < 4.78 is 30.6. The summed E-state index contributed by atoms with van der Waals surface area (Å²) in [6.45, 7) is 8.93. The van der Waals surface area contributed by atoms with Crippen LogP contribution in [0.25, 0.3) is 0 Å². The third-order valence-electron chi connectivity index (χ3n) is 5.45. The molecular formula is C24H30Br3N3O3P3+3. The van der Waals surface area contributed by atoms with Crippen LogP contribution in [-0.4, -0.2) is 33.0 Å². The van der Waals surface area contributed by atoms with Gasteiger partial charge in [0.1, 0.15) is 0 Å². The monoisotopic (exact) mass is 738 g/mol. The van der Waals surface area contributed by atoms with Crippen LogP contribution in [0.3, 0.4) is 0 Å². The molecule has 0 N–H and O–H groups in total. The Kier molecular flexibility index (Phi) is 10.9. The molecule has 12 heteroatoms. The number of nitrogens with zero attached hydrogens (tertiary/aromatic N) is 3. The van der Waals surface area contributed by atoms with Crippen molar-refractivity contribution >= 4 is 73.1 Å². The average Bonchev–Trinajstić information content (AvgIpc) is 2.88. The average molecular weight is 741 g/mol. The van der Waals surface area contributed by atoms with Crippen molar-refractivity contribution in [1.82, 2.24) is 13.3 Å². The molecule has 0 spiro atoms. The molecule has 1 aliphatic heterocycles. The van der Waals surface area contributed by atoms with Crippen LogP contribution in [0.1, 0.15) is 20.8 Å². The van der Waals surface area contributed by atoms with E-state index in [1.165, 1.54) is 0 Å². The molecule has 36 heavy (non-hydrogen) atoms. The van der Waals surface area contributed by atoms with E-state index in [-0.39, 0.29) is 0 Å². The molecule has 192 valence electrons. The normalized spacial score (nSPS) is 21.3. The van der Waals surface area contributed by atoms with Crippen LogP contribution >= 0.6 is 73.1 Å². The molecule has 6 nitrogen and oxygen atoms in total. The van der Waals surface area contributed by atoms with Gasteiger partial charge in [0.15, 0.2) is 17.2 Å². The Morgan fingerprint density at radius 3 is 0.972 bits per heavy atom. The maximum atomic E-state index is 6.83. The van der Waals surface area contributed by atoms with Crippen LogP contribution in [-0.2, 0) is 0 Å². The van der Waals surface area contributed by atoms with Crippen molar-refractivity contribution in [3.63, 3.8) is 0 Å². The van der Waals surface area contributed by atoms with Crippen molar-refractivity contribution in [2.75, 3.05) is 19.6 Å². The van der Waals surface area contributed by atoms with Crippen LogP contribution in [0.4, 0.5) is 0 Å². The summed E-state index contributed by atoms with van der Waals surface area (Å²) in [6.07, 6.45) is 0. The van der Waals surface area contributed by atoms with E-state index in [1.807, 2.05) is 72.8 Å². The summed E-state index contributed by atoms with van der Waals surface area (Å²) >= 11 is 11.0. The molecule has 1 aliphatic rings. The summed E-state index contributed by atoms with van der Waals surface area (Å²) in [5, 5.41) is 0. The van der Waals surface area contributed by atoms with Gasteiger partial charge in [-0.1, -0.05) is 36.4 Å². The van der Waals surface area contributed by atoms with Gasteiger partial charge in [-0.15, -0.1) is 0 Å². The van der Waals surface area contributed by atoms with Crippen molar-refractivity contribution < 1.29 is 13.6 Å². The Labute approximate surface area is 242 Å². The van der Waals surface area contributed by atoms with Gasteiger partial charge in [-0.3, -0.25) is 0 Å². The van der Waals surface area contributed by atoms with Gasteiger partial charge >= 0.3 is 25.3 Å². The van der Waals surface area contributed by atoms with Gasteiger partial charge in [0.2, 0.25) is 0 Å². The standard InChI is InChI=1S/C24H27Br3N3O3P3/c1-4-28-34(31-22-16-10-7-13-19(22)25)29(5-2)36(33-24-18-12-9-15-21(24)27)30(6-3)35(28)32-23-17-11-8-14-20(23)26/h7-18H,4-6H2,1-3H3/p+3. The van der Waals surface area contributed by atoms with Gasteiger partial charge in [-0.2, -0.15) is 0 Å². The fourth-order valence-electron chi connectivity index (χ4n) is 3.70. The Morgan fingerprint density at radius 2 is 0.750 bits per heavy atom. The minimum absolute atomic E-state index is 0.800. The fourth-order valence-corrected chi connectivity index (χ4v) is 15.4. The van der Waals surface area contributed by atoms with Gasteiger partial charge < -0.3 is 13.6 Å². The molecule has 1 heterocycles. The molecule has 0 aromatic heterocycles. The second kappa shape index (κ2) is 13.6. The van der Waals surface area contributed by atoms with Gasteiger partial charge in [0.25, 0.3) is 0 Å². The first-order valence-electron chi connectivity index (χ1n) is 11.7. The third kappa shape index (κ3) is 6.45. The Morgan fingerprint density at radius 1 is 0.500 bits per heavy atom. The molecule has 0 atom stereocenters. The Bertz CT molecular complexity index is 1010. The predicted molar refractivity (Wildman–Crippen MR) is 166 cm³/mol. The zero-order valence-corrected chi connectivity index (χ0v) is 28.0. The number of hydrogen-bond acceptors (Lipinski definition) is 6. The molecule has 0 unspecified atom stereocenters. The van der Waals surface area contributed by atoms with Crippen LogP contribution < -0.4 is 13.6 Å². The second-order valence-corrected chi connectivity index (χ2v) is 17.1. The molecule has 4 rings (SSSR count). The van der Waals surface area contributed by atoms with Crippen molar-refractivity contribution in [2.24, 2.45) is 0 Å². The summed E-state index contributed by atoms with van der Waals surface area (Å²) in [5.41, 5.74) is 0. The van der Waals surface area contributed by atoms with Crippen molar-refractivity contribution in [3.05, 3.63) is 86.2 Å². The minimum atomic E-state index is -1.70. The van der Waals surface area contributed by atoms with E-state index in [2.05, 4.69) is 81.9 Å². The van der Waals surface area contributed by atoms with Crippen molar-refractivity contribution in [2.45, 2.75) is 20.8 Å². The second-order valence-electron chi connectivity index (χ2n) is 7.68. The largest absolute Gasteiger partial charge is 0.399 e. The smallest absolute Gasteiger partial charge is 0.306 e. The van der Waals surface area contributed by atoms with Gasteiger partial charge in [-0.25, -0.2) is 0 Å². The number of benzene rings is 3. The van der Waals surface area contributed by atoms with Crippen molar-refractivity contribution in [1.29, 1.82) is 0 Å². The minimum Gasteiger partial charge on any atom is -0.306 e. The number of para-hydroxylation sites is 3. The highest BCUT2D eigenvalue weighted by Gasteiger charge is 2.67. The molecule has 0 aliphatic carbocycles. The number of hydrogen-bond donors (Lipinski definition) is 0. The first kappa shape index (κ1) is 28.7. The molecule has 1 fully saturated rings.